The standard InChI is InChI=1S/C23H19F3N6O3S3/c24-23(25,26)37-16-4-1-14(2-5-16)12-35-22(34)32-9-7-31(8-10-32)21-28-19(13-36-21)20(33)27-15-3-6-17-18(11-15)30-38-29-17/h1-6,11,13H,7-10,12H2,(H,27,33). The molecule has 1 aliphatic rings. The van der Waals surface area contributed by atoms with Gasteiger partial charge in [0.15, 0.2) is 5.13 Å². The number of hydrogen-bond donors (Lipinski definition) is 1. The Balaban J connectivity index is 1.09. The van der Waals surface area contributed by atoms with Crippen LogP contribution in [0.1, 0.15) is 16.1 Å². The number of alkyl halides is 3. The smallest absolute Gasteiger partial charge is 0.445 e. The van der Waals surface area contributed by atoms with Gasteiger partial charge in [0.05, 0.1) is 11.7 Å². The van der Waals surface area contributed by atoms with Crippen molar-refractivity contribution in [3.05, 3.63) is 59.1 Å². The number of thioether (sulfide) groups is 1. The Morgan fingerprint density at radius 3 is 2.50 bits per heavy atom. The summed E-state index contributed by atoms with van der Waals surface area (Å²) in [6, 6.07) is 11.0. The molecular formula is C23H19F3N6O3S3. The summed E-state index contributed by atoms with van der Waals surface area (Å²) in [6.45, 7) is 1.81. The summed E-state index contributed by atoms with van der Waals surface area (Å²) >= 11 is 2.26. The van der Waals surface area contributed by atoms with Gasteiger partial charge in [-0.3, -0.25) is 4.79 Å². The first-order valence-corrected chi connectivity index (χ1v) is 13.7. The minimum Gasteiger partial charge on any atom is -0.445 e. The molecule has 1 N–H and O–H groups in total. The molecule has 1 aliphatic heterocycles. The topological polar surface area (TPSA) is 101 Å². The number of fused-ring (bicyclic) bond motifs is 1. The normalized spacial score (nSPS) is 14.1. The number of piperazine rings is 1. The monoisotopic (exact) mass is 580 g/mol. The average Bonchev–Trinajstić information content (AvgIpc) is 3.57. The molecular weight excluding hydrogens is 561 g/mol. The van der Waals surface area contributed by atoms with Crippen LogP contribution in [0.25, 0.3) is 11.0 Å². The third-order valence-corrected chi connectivity index (χ3v) is 7.76. The largest absolute Gasteiger partial charge is 0.446 e. The first-order chi connectivity index (χ1) is 18.2. The highest BCUT2D eigenvalue weighted by molar-refractivity contribution is 8.00. The van der Waals surface area contributed by atoms with Crippen molar-refractivity contribution in [1.29, 1.82) is 0 Å². The van der Waals surface area contributed by atoms with E-state index in [2.05, 4.69) is 19.0 Å². The summed E-state index contributed by atoms with van der Waals surface area (Å²) < 4.78 is 51.0. The van der Waals surface area contributed by atoms with Crippen LogP contribution in [0.3, 0.4) is 0 Å². The third-order valence-electron chi connectivity index (χ3n) is 5.56. The van der Waals surface area contributed by atoms with Gasteiger partial charge in [-0.25, -0.2) is 9.78 Å². The van der Waals surface area contributed by atoms with E-state index in [1.165, 1.54) is 35.6 Å². The fourth-order valence-electron chi connectivity index (χ4n) is 3.67. The predicted octanol–water partition coefficient (Wildman–Crippen LogP) is 5.47. The van der Waals surface area contributed by atoms with E-state index in [4.69, 9.17) is 4.74 Å². The number of hydrogen-bond acceptors (Lipinski definition) is 10. The molecule has 0 aliphatic carbocycles. The van der Waals surface area contributed by atoms with Gasteiger partial charge < -0.3 is 19.9 Å². The molecule has 3 heterocycles. The van der Waals surface area contributed by atoms with Crippen LogP contribution in [0.2, 0.25) is 0 Å². The van der Waals surface area contributed by atoms with Crippen molar-refractivity contribution in [2.75, 3.05) is 36.4 Å². The molecule has 15 heteroatoms. The number of rotatable bonds is 6. The van der Waals surface area contributed by atoms with Gasteiger partial charge in [-0.15, -0.1) is 11.3 Å². The predicted molar refractivity (Wildman–Crippen MR) is 140 cm³/mol. The van der Waals surface area contributed by atoms with Crippen LogP contribution in [-0.4, -0.2) is 62.3 Å². The highest BCUT2D eigenvalue weighted by atomic mass is 32.2. The highest BCUT2D eigenvalue weighted by Gasteiger charge is 2.29. The molecule has 1 fully saturated rings. The van der Waals surface area contributed by atoms with Crippen LogP contribution >= 0.6 is 34.8 Å². The van der Waals surface area contributed by atoms with Gasteiger partial charge in [0.1, 0.15) is 23.3 Å². The molecule has 38 heavy (non-hydrogen) atoms. The van der Waals surface area contributed by atoms with Crippen molar-refractivity contribution in [3.8, 4) is 0 Å². The van der Waals surface area contributed by atoms with Crippen molar-refractivity contribution in [2.45, 2.75) is 17.0 Å². The Bertz CT molecular complexity index is 1440. The lowest BCUT2D eigenvalue weighted by Gasteiger charge is -2.33. The maximum Gasteiger partial charge on any atom is 0.446 e. The maximum absolute atomic E-state index is 12.7. The molecule has 0 unspecified atom stereocenters. The Morgan fingerprint density at radius 2 is 1.76 bits per heavy atom. The van der Waals surface area contributed by atoms with Crippen molar-refractivity contribution >= 4 is 68.7 Å². The molecule has 0 bridgehead atoms. The quantitative estimate of drug-likeness (QED) is 0.300. The molecule has 5 rings (SSSR count). The molecule has 0 radical (unpaired) electrons. The van der Waals surface area contributed by atoms with E-state index < -0.39 is 11.6 Å². The van der Waals surface area contributed by atoms with Crippen molar-refractivity contribution in [3.63, 3.8) is 0 Å². The van der Waals surface area contributed by atoms with Gasteiger partial charge >= 0.3 is 11.6 Å². The summed E-state index contributed by atoms with van der Waals surface area (Å²) in [7, 11) is 0. The molecule has 0 saturated carbocycles. The summed E-state index contributed by atoms with van der Waals surface area (Å²) in [5, 5.41) is 5.19. The van der Waals surface area contributed by atoms with Crippen LogP contribution in [-0.2, 0) is 11.3 Å². The number of carbonyl (C=O) groups is 2. The van der Waals surface area contributed by atoms with Crippen LogP contribution in [0.4, 0.5) is 28.8 Å². The number of ether oxygens (including phenoxy) is 1. The molecule has 4 aromatic rings. The number of thiazole rings is 1. The first-order valence-electron chi connectivity index (χ1n) is 11.2. The summed E-state index contributed by atoms with van der Waals surface area (Å²) in [6.07, 6.45) is -0.495. The fourth-order valence-corrected chi connectivity index (χ4v) is 5.59. The number of benzene rings is 2. The number of anilines is 2. The number of nitrogens with one attached hydrogen (secondary N) is 1. The molecule has 2 aromatic carbocycles. The Morgan fingerprint density at radius 1 is 1.03 bits per heavy atom. The second-order valence-corrected chi connectivity index (χ2v) is 10.7. The number of amides is 2. The zero-order valence-electron chi connectivity index (χ0n) is 19.5. The summed E-state index contributed by atoms with van der Waals surface area (Å²) in [5.74, 6) is -0.331. The number of halogens is 3. The van der Waals surface area contributed by atoms with E-state index in [1.807, 2.05) is 4.90 Å². The van der Waals surface area contributed by atoms with E-state index in [-0.39, 0.29) is 29.2 Å². The van der Waals surface area contributed by atoms with Crippen LogP contribution in [0.5, 0.6) is 0 Å². The number of aromatic nitrogens is 3. The SMILES string of the molecule is O=C(Nc1ccc2nsnc2c1)c1csc(N2CCN(C(=O)OCc3ccc(SC(F)(F)F)cc3)CC2)n1. The Kier molecular flexibility index (Phi) is 7.67. The molecule has 1 saturated heterocycles. The van der Waals surface area contributed by atoms with Gasteiger partial charge in [0.2, 0.25) is 0 Å². The second kappa shape index (κ2) is 11.1. The summed E-state index contributed by atoms with van der Waals surface area (Å²) in [4.78, 5) is 33.2. The Hall–Kier alpha value is -3.43. The van der Waals surface area contributed by atoms with Crippen LogP contribution in [0.15, 0.2) is 52.7 Å². The van der Waals surface area contributed by atoms with Gasteiger partial charge in [-0.2, -0.15) is 21.9 Å². The molecule has 198 valence electrons. The van der Waals surface area contributed by atoms with Crippen molar-refractivity contribution in [1.82, 2.24) is 18.6 Å². The zero-order valence-corrected chi connectivity index (χ0v) is 21.9. The van der Waals surface area contributed by atoms with Crippen LogP contribution in [0, 0.1) is 0 Å². The van der Waals surface area contributed by atoms with E-state index in [0.29, 0.717) is 53.8 Å². The second-order valence-electron chi connectivity index (χ2n) is 8.16. The first kappa shape index (κ1) is 26.2. The molecule has 0 spiro atoms. The van der Waals surface area contributed by atoms with Crippen LogP contribution < -0.4 is 10.2 Å². The van der Waals surface area contributed by atoms with Crippen molar-refractivity contribution in [2.24, 2.45) is 0 Å². The highest BCUT2D eigenvalue weighted by Crippen LogP contribution is 2.36. The minimum atomic E-state index is -4.35. The number of carbonyl (C=O) groups excluding carboxylic acids is 2. The van der Waals surface area contributed by atoms with Gasteiger partial charge in [-0.1, -0.05) is 12.1 Å². The third kappa shape index (κ3) is 6.52. The zero-order chi connectivity index (χ0) is 26.7. The average molecular weight is 581 g/mol. The molecule has 9 nitrogen and oxygen atoms in total. The van der Waals surface area contributed by atoms with Crippen molar-refractivity contribution < 1.29 is 27.5 Å². The van der Waals surface area contributed by atoms with E-state index in [1.54, 1.807) is 28.5 Å². The summed E-state index contributed by atoms with van der Waals surface area (Å²) in [5.41, 5.74) is -1.37. The lowest BCUT2D eigenvalue weighted by atomic mass is 10.2. The number of nitrogens with zero attached hydrogens (tertiary/aromatic N) is 5. The van der Waals surface area contributed by atoms with E-state index in [9.17, 15) is 22.8 Å². The van der Waals surface area contributed by atoms with Gasteiger partial charge in [0.25, 0.3) is 5.91 Å². The molecule has 0 atom stereocenters. The Labute approximate surface area is 226 Å². The lowest BCUT2D eigenvalue weighted by molar-refractivity contribution is -0.0328. The maximum atomic E-state index is 12.7. The van der Waals surface area contributed by atoms with E-state index >= 15 is 0 Å². The molecule has 2 aromatic heterocycles. The van der Waals surface area contributed by atoms with E-state index in [0.717, 1.165) is 17.2 Å². The van der Waals surface area contributed by atoms with Gasteiger partial charge in [-0.05, 0) is 47.7 Å². The fraction of sp³-hybridized carbons (Fsp3) is 0.261. The lowest BCUT2D eigenvalue weighted by Crippen LogP contribution is -2.48. The van der Waals surface area contributed by atoms with Gasteiger partial charge in [0, 0.05) is 42.1 Å². The molecule has 2 amide bonds. The minimum absolute atomic E-state index is 0.0348.